The minimum Gasteiger partial charge on any atom is -0.451 e. The van der Waals surface area contributed by atoms with Gasteiger partial charge in [-0.3, -0.25) is 9.59 Å². The number of Topliss-reactive ketones (excluding diaryl/α,β-unsaturated/α-hetero) is 1. The molecule has 1 N–H and O–H groups in total. The second-order valence-corrected chi connectivity index (χ2v) is 5.74. The Morgan fingerprint density at radius 3 is 2.57 bits per heavy atom. The molecule has 6 nitrogen and oxygen atoms in total. The van der Waals surface area contributed by atoms with E-state index in [1.54, 1.807) is 31.4 Å². The number of aryl methyl sites for hydroxylation is 1. The molecule has 0 aliphatic rings. The normalized spacial score (nSPS) is 10.2. The van der Waals surface area contributed by atoms with Crippen molar-refractivity contribution in [3.63, 3.8) is 0 Å². The number of ether oxygens (including phenoxy) is 1. The molecule has 0 aliphatic heterocycles. The number of para-hydroxylation sites is 1. The first-order valence-corrected chi connectivity index (χ1v) is 7.56. The van der Waals surface area contributed by atoms with Gasteiger partial charge in [0.2, 0.25) is 0 Å². The number of ketones is 1. The molecule has 1 aromatic heterocycles. The fourth-order valence-electron chi connectivity index (χ4n) is 1.91. The van der Waals surface area contributed by atoms with Gasteiger partial charge in [0.15, 0.2) is 12.4 Å². The molecule has 0 bridgehead atoms. The molecule has 7 heteroatoms. The van der Waals surface area contributed by atoms with Crippen LogP contribution in [0, 0.1) is 0 Å². The Morgan fingerprint density at radius 1 is 1.26 bits per heavy atom. The van der Waals surface area contributed by atoms with Crippen LogP contribution < -0.4 is 5.32 Å². The van der Waals surface area contributed by atoms with Crippen molar-refractivity contribution in [3.05, 3.63) is 52.3 Å². The number of benzene rings is 1. The van der Waals surface area contributed by atoms with Gasteiger partial charge in [0.25, 0.3) is 5.91 Å². The van der Waals surface area contributed by atoms with Crippen molar-refractivity contribution in [3.8, 4) is 0 Å². The summed E-state index contributed by atoms with van der Waals surface area (Å²) in [7, 11) is 1.63. The number of nitrogens with zero attached hydrogens (tertiary/aromatic N) is 1. The quantitative estimate of drug-likeness (QED) is 0.640. The van der Waals surface area contributed by atoms with Gasteiger partial charge in [-0.2, -0.15) is 0 Å². The Balaban J connectivity index is 1.95. The van der Waals surface area contributed by atoms with Gasteiger partial charge in [-0.05, 0) is 41.1 Å². The molecule has 0 saturated carbocycles. The van der Waals surface area contributed by atoms with E-state index in [0.29, 0.717) is 11.3 Å². The number of anilines is 1. The number of nitrogens with one attached hydrogen (secondary N) is 1. The average Bonchev–Trinajstić information content (AvgIpc) is 2.89. The minimum atomic E-state index is -0.665. The van der Waals surface area contributed by atoms with E-state index in [1.807, 2.05) is 6.07 Å². The Bertz CT molecular complexity index is 767. The maximum Gasteiger partial charge on any atom is 0.355 e. The molecular formula is C16H15BrN2O4. The first-order valence-electron chi connectivity index (χ1n) is 6.77. The molecule has 0 fully saturated rings. The van der Waals surface area contributed by atoms with Crippen LogP contribution in [0.15, 0.2) is 41.0 Å². The van der Waals surface area contributed by atoms with Crippen LogP contribution >= 0.6 is 15.9 Å². The molecule has 1 amide bonds. The molecule has 1 heterocycles. The van der Waals surface area contributed by atoms with Gasteiger partial charge in [0, 0.05) is 23.3 Å². The first kappa shape index (κ1) is 17.0. The summed E-state index contributed by atoms with van der Waals surface area (Å²) >= 11 is 3.31. The van der Waals surface area contributed by atoms with Crippen molar-refractivity contribution in [1.82, 2.24) is 4.57 Å². The third-order valence-electron chi connectivity index (χ3n) is 3.10. The Morgan fingerprint density at radius 2 is 1.96 bits per heavy atom. The maximum atomic E-state index is 12.0. The number of aromatic nitrogens is 1. The zero-order valence-corrected chi connectivity index (χ0v) is 14.2. The number of carbonyl (C=O) groups is 3. The molecule has 0 aliphatic carbocycles. The zero-order valence-electron chi connectivity index (χ0n) is 12.6. The summed E-state index contributed by atoms with van der Waals surface area (Å²) in [6.45, 7) is 0.996. The van der Waals surface area contributed by atoms with Crippen LogP contribution in [0.1, 0.15) is 27.8 Å². The predicted molar refractivity (Wildman–Crippen MR) is 88.5 cm³/mol. The SMILES string of the molecule is CC(=O)c1cc(C(=O)OCC(=O)Nc2ccccc2Br)n(C)c1. The second-order valence-electron chi connectivity index (χ2n) is 4.89. The highest BCUT2D eigenvalue weighted by Gasteiger charge is 2.16. The van der Waals surface area contributed by atoms with Crippen LogP contribution in [0.3, 0.4) is 0 Å². The van der Waals surface area contributed by atoms with Gasteiger partial charge in [0.1, 0.15) is 5.69 Å². The number of halogens is 1. The largest absolute Gasteiger partial charge is 0.451 e. The Labute approximate surface area is 141 Å². The van der Waals surface area contributed by atoms with Crippen molar-refractivity contribution < 1.29 is 19.1 Å². The Kier molecular flexibility index (Phi) is 5.33. The lowest BCUT2D eigenvalue weighted by atomic mass is 10.2. The van der Waals surface area contributed by atoms with Gasteiger partial charge in [-0.15, -0.1) is 0 Å². The average molecular weight is 379 g/mol. The summed E-state index contributed by atoms with van der Waals surface area (Å²) in [5, 5.41) is 2.63. The van der Waals surface area contributed by atoms with Crippen molar-refractivity contribution in [1.29, 1.82) is 0 Å². The highest BCUT2D eigenvalue weighted by molar-refractivity contribution is 9.10. The van der Waals surface area contributed by atoms with E-state index in [4.69, 9.17) is 4.74 Å². The molecule has 23 heavy (non-hydrogen) atoms. The zero-order chi connectivity index (χ0) is 17.0. The number of carbonyl (C=O) groups excluding carboxylic acids is 3. The minimum absolute atomic E-state index is 0.147. The van der Waals surface area contributed by atoms with Crippen LogP contribution in [0.2, 0.25) is 0 Å². The lowest BCUT2D eigenvalue weighted by Gasteiger charge is -2.08. The van der Waals surface area contributed by atoms with Crippen molar-refractivity contribution >= 4 is 39.3 Å². The Hall–Kier alpha value is -2.41. The fraction of sp³-hybridized carbons (Fsp3) is 0.188. The van der Waals surface area contributed by atoms with Gasteiger partial charge < -0.3 is 14.6 Å². The number of amides is 1. The van der Waals surface area contributed by atoms with Gasteiger partial charge in [0.05, 0.1) is 5.69 Å². The van der Waals surface area contributed by atoms with Gasteiger partial charge in [-0.1, -0.05) is 12.1 Å². The van der Waals surface area contributed by atoms with E-state index in [9.17, 15) is 14.4 Å². The lowest BCUT2D eigenvalue weighted by Crippen LogP contribution is -2.21. The summed E-state index contributed by atoms with van der Waals surface area (Å²) < 4.78 is 7.20. The lowest BCUT2D eigenvalue weighted by molar-refractivity contribution is -0.119. The molecule has 120 valence electrons. The summed E-state index contributed by atoms with van der Waals surface area (Å²) in [5.74, 6) is -1.26. The third-order valence-corrected chi connectivity index (χ3v) is 3.79. The smallest absolute Gasteiger partial charge is 0.355 e. The summed E-state index contributed by atoms with van der Waals surface area (Å²) in [4.78, 5) is 35.1. The molecule has 0 spiro atoms. The molecule has 0 radical (unpaired) electrons. The van der Waals surface area contributed by atoms with Crippen molar-refractivity contribution in [2.24, 2.45) is 7.05 Å². The number of rotatable bonds is 5. The van der Waals surface area contributed by atoms with E-state index < -0.39 is 18.5 Å². The van der Waals surface area contributed by atoms with Crippen LogP contribution in [0.4, 0.5) is 5.69 Å². The topological polar surface area (TPSA) is 77.4 Å². The van der Waals surface area contributed by atoms with Crippen LogP contribution in [-0.2, 0) is 16.6 Å². The van der Waals surface area contributed by atoms with Crippen molar-refractivity contribution in [2.45, 2.75) is 6.92 Å². The predicted octanol–water partition coefficient (Wildman–Crippen LogP) is 2.79. The summed E-state index contributed by atoms with van der Waals surface area (Å²) in [6.07, 6.45) is 1.54. The molecular weight excluding hydrogens is 364 g/mol. The molecule has 1 aromatic carbocycles. The van der Waals surface area contributed by atoms with Gasteiger partial charge in [-0.25, -0.2) is 4.79 Å². The van der Waals surface area contributed by atoms with E-state index in [1.165, 1.54) is 17.6 Å². The number of esters is 1. The number of hydrogen-bond acceptors (Lipinski definition) is 4. The fourth-order valence-corrected chi connectivity index (χ4v) is 2.30. The first-order chi connectivity index (χ1) is 10.9. The highest BCUT2D eigenvalue weighted by Crippen LogP contribution is 2.21. The molecule has 0 atom stereocenters. The maximum absolute atomic E-state index is 12.0. The van der Waals surface area contributed by atoms with E-state index >= 15 is 0 Å². The monoisotopic (exact) mass is 378 g/mol. The summed E-state index contributed by atoms with van der Waals surface area (Å²) in [6, 6.07) is 8.55. The third kappa shape index (κ3) is 4.29. The van der Waals surface area contributed by atoms with Crippen LogP contribution in [0.25, 0.3) is 0 Å². The highest BCUT2D eigenvalue weighted by atomic mass is 79.9. The van der Waals surface area contributed by atoms with Crippen molar-refractivity contribution in [2.75, 3.05) is 11.9 Å². The molecule has 2 aromatic rings. The number of hydrogen-bond donors (Lipinski definition) is 1. The van der Waals surface area contributed by atoms with Crippen LogP contribution in [0.5, 0.6) is 0 Å². The molecule has 0 saturated heterocycles. The van der Waals surface area contributed by atoms with Gasteiger partial charge >= 0.3 is 5.97 Å². The standard InChI is InChI=1S/C16H15BrN2O4/c1-10(20)11-7-14(19(2)8-11)16(22)23-9-15(21)18-13-6-4-3-5-12(13)17/h3-8H,9H2,1-2H3,(H,18,21). The second kappa shape index (κ2) is 7.23. The summed E-state index contributed by atoms with van der Waals surface area (Å²) in [5.41, 5.74) is 1.22. The van der Waals surface area contributed by atoms with Crippen LogP contribution in [-0.4, -0.2) is 28.8 Å². The molecule has 0 unspecified atom stereocenters. The molecule has 2 rings (SSSR count). The van der Waals surface area contributed by atoms with E-state index in [0.717, 1.165) is 4.47 Å². The van der Waals surface area contributed by atoms with E-state index in [2.05, 4.69) is 21.2 Å². The van der Waals surface area contributed by atoms with E-state index in [-0.39, 0.29) is 11.5 Å².